The summed E-state index contributed by atoms with van der Waals surface area (Å²) in [6.07, 6.45) is 1.72. The van der Waals surface area contributed by atoms with Crippen molar-refractivity contribution in [3.05, 3.63) is 75.9 Å². The van der Waals surface area contributed by atoms with E-state index in [1.165, 1.54) is 11.3 Å². The normalized spacial score (nSPS) is 13.8. The molecule has 4 nitrogen and oxygen atoms in total. The molecule has 0 aliphatic rings. The first-order chi connectivity index (χ1) is 12.0. The number of halogens is 1. The molecular formula is C20H24BrN3O. The predicted molar refractivity (Wildman–Crippen MR) is 104 cm³/mol. The molecule has 0 saturated heterocycles. The molecule has 2 atom stereocenters. The van der Waals surface area contributed by atoms with Gasteiger partial charge < -0.3 is 9.73 Å². The van der Waals surface area contributed by atoms with Crippen molar-refractivity contribution in [2.24, 2.45) is 5.92 Å². The SMILES string of the molecule is Cc1cc(C)n(CC(C)CNC(c2ccc(Br)cc2)c2ccco2)n1. The molecule has 0 aliphatic carbocycles. The smallest absolute Gasteiger partial charge is 0.125 e. The van der Waals surface area contributed by atoms with E-state index in [0.717, 1.165) is 29.0 Å². The van der Waals surface area contributed by atoms with Gasteiger partial charge in [-0.25, -0.2) is 0 Å². The molecule has 1 aromatic carbocycles. The third-order valence-corrected chi connectivity index (χ3v) is 4.82. The fourth-order valence-electron chi connectivity index (χ4n) is 3.03. The summed E-state index contributed by atoms with van der Waals surface area (Å²) in [5.74, 6) is 1.38. The second kappa shape index (κ2) is 8.02. The molecular weight excluding hydrogens is 378 g/mol. The van der Waals surface area contributed by atoms with E-state index in [9.17, 15) is 0 Å². The molecule has 1 N–H and O–H groups in total. The number of hydrogen-bond donors (Lipinski definition) is 1. The Balaban J connectivity index is 1.68. The van der Waals surface area contributed by atoms with E-state index in [1.807, 2.05) is 19.1 Å². The average molecular weight is 402 g/mol. The lowest BCUT2D eigenvalue weighted by atomic mass is 10.0. The third-order valence-electron chi connectivity index (χ3n) is 4.29. The van der Waals surface area contributed by atoms with Crippen molar-refractivity contribution in [1.82, 2.24) is 15.1 Å². The molecule has 0 bridgehead atoms. The number of nitrogens with one attached hydrogen (secondary N) is 1. The summed E-state index contributed by atoms with van der Waals surface area (Å²) in [4.78, 5) is 0. The van der Waals surface area contributed by atoms with E-state index in [0.29, 0.717) is 5.92 Å². The van der Waals surface area contributed by atoms with Crippen LogP contribution >= 0.6 is 15.9 Å². The highest BCUT2D eigenvalue weighted by Crippen LogP contribution is 2.24. The van der Waals surface area contributed by atoms with E-state index in [-0.39, 0.29) is 6.04 Å². The van der Waals surface area contributed by atoms with Gasteiger partial charge in [0.2, 0.25) is 0 Å². The Morgan fingerprint density at radius 2 is 1.96 bits per heavy atom. The van der Waals surface area contributed by atoms with Gasteiger partial charge in [-0.3, -0.25) is 4.68 Å². The molecule has 2 unspecified atom stereocenters. The Morgan fingerprint density at radius 3 is 2.56 bits per heavy atom. The van der Waals surface area contributed by atoms with Gasteiger partial charge in [0.15, 0.2) is 0 Å². The maximum Gasteiger partial charge on any atom is 0.125 e. The van der Waals surface area contributed by atoms with Gasteiger partial charge in [-0.05, 0) is 55.7 Å². The summed E-state index contributed by atoms with van der Waals surface area (Å²) >= 11 is 3.50. The minimum Gasteiger partial charge on any atom is -0.467 e. The summed E-state index contributed by atoms with van der Waals surface area (Å²) in [5, 5.41) is 8.21. The lowest BCUT2D eigenvalue weighted by Crippen LogP contribution is -2.29. The zero-order valence-electron chi connectivity index (χ0n) is 14.9. The molecule has 0 saturated carbocycles. The number of aryl methyl sites for hydroxylation is 2. The number of aromatic nitrogens is 2. The van der Waals surface area contributed by atoms with Crippen molar-refractivity contribution in [1.29, 1.82) is 0 Å². The maximum atomic E-state index is 5.66. The fourth-order valence-corrected chi connectivity index (χ4v) is 3.30. The minimum absolute atomic E-state index is 0.0472. The second-order valence-electron chi connectivity index (χ2n) is 6.62. The van der Waals surface area contributed by atoms with Gasteiger partial charge in [-0.2, -0.15) is 5.10 Å². The summed E-state index contributed by atoms with van der Waals surface area (Å²) in [5.41, 5.74) is 3.47. The van der Waals surface area contributed by atoms with Crippen molar-refractivity contribution in [2.45, 2.75) is 33.4 Å². The summed E-state index contributed by atoms with van der Waals surface area (Å²) in [6.45, 7) is 8.16. The molecule has 0 radical (unpaired) electrons. The van der Waals surface area contributed by atoms with Gasteiger partial charge in [-0.1, -0.05) is 35.0 Å². The zero-order valence-corrected chi connectivity index (χ0v) is 16.5. The molecule has 0 aliphatic heterocycles. The topological polar surface area (TPSA) is 43.0 Å². The van der Waals surface area contributed by atoms with Gasteiger partial charge in [0.05, 0.1) is 18.0 Å². The first kappa shape index (κ1) is 18.0. The van der Waals surface area contributed by atoms with Gasteiger partial charge in [-0.15, -0.1) is 0 Å². The summed E-state index contributed by atoms with van der Waals surface area (Å²) in [7, 11) is 0. The Labute approximate surface area is 157 Å². The Kier molecular flexibility index (Phi) is 5.76. The van der Waals surface area contributed by atoms with Gasteiger partial charge >= 0.3 is 0 Å². The van der Waals surface area contributed by atoms with E-state index in [4.69, 9.17) is 4.42 Å². The number of benzene rings is 1. The Hall–Kier alpha value is -1.85. The lowest BCUT2D eigenvalue weighted by Gasteiger charge is -2.20. The van der Waals surface area contributed by atoms with E-state index in [1.54, 1.807) is 6.26 Å². The van der Waals surface area contributed by atoms with Crippen LogP contribution in [0.4, 0.5) is 0 Å². The first-order valence-electron chi connectivity index (χ1n) is 8.56. The summed E-state index contributed by atoms with van der Waals surface area (Å²) in [6, 6.07) is 14.5. The van der Waals surface area contributed by atoms with Crippen molar-refractivity contribution in [3.63, 3.8) is 0 Å². The molecule has 25 heavy (non-hydrogen) atoms. The van der Waals surface area contributed by atoms with Crippen LogP contribution in [0.25, 0.3) is 0 Å². The molecule has 3 rings (SSSR count). The van der Waals surface area contributed by atoms with Crippen molar-refractivity contribution in [3.8, 4) is 0 Å². The Morgan fingerprint density at radius 1 is 1.20 bits per heavy atom. The van der Waals surface area contributed by atoms with Gasteiger partial charge in [0.25, 0.3) is 0 Å². The molecule has 5 heteroatoms. The quantitative estimate of drug-likeness (QED) is 0.613. The van der Waals surface area contributed by atoms with Crippen LogP contribution in [-0.4, -0.2) is 16.3 Å². The summed E-state index contributed by atoms with van der Waals surface area (Å²) < 4.78 is 8.82. The number of furan rings is 1. The second-order valence-corrected chi connectivity index (χ2v) is 7.54. The van der Waals surface area contributed by atoms with E-state index >= 15 is 0 Å². The van der Waals surface area contributed by atoms with Crippen LogP contribution in [0.1, 0.15) is 35.7 Å². The molecule has 2 heterocycles. The Bertz CT molecular complexity index is 793. The minimum atomic E-state index is 0.0472. The van der Waals surface area contributed by atoms with E-state index in [2.05, 4.69) is 75.2 Å². The molecule has 2 aromatic heterocycles. The average Bonchev–Trinajstić information content (AvgIpc) is 3.20. The van der Waals surface area contributed by atoms with Crippen LogP contribution in [0.15, 0.2) is 57.6 Å². The number of rotatable bonds is 7. The van der Waals surface area contributed by atoms with E-state index < -0.39 is 0 Å². The predicted octanol–water partition coefficient (Wildman–Crippen LogP) is 4.87. The molecule has 0 fully saturated rings. The maximum absolute atomic E-state index is 5.66. The first-order valence-corrected chi connectivity index (χ1v) is 9.35. The van der Waals surface area contributed by atoms with Crippen LogP contribution in [0.3, 0.4) is 0 Å². The van der Waals surface area contributed by atoms with Crippen LogP contribution in [-0.2, 0) is 6.54 Å². The standard InChI is InChI=1S/C20H24BrN3O/c1-14(13-24-16(3)11-15(2)23-24)12-22-20(19-5-4-10-25-19)17-6-8-18(21)9-7-17/h4-11,14,20,22H,12-13H2,1-3H3. The molecule has 3 aromatic rings. The van der Waals surface area contributed by atoms with Crippen molar-refractivity contribution >= 4 is 15.9 Å². The van der Waals surface area contributed by atoms with Crippen LogP contribution in [0.2, 0.25) is 0 Å². The fraction of sp³-hybridized carbons (Fsp3) is 0.350. The van der Waals surface area contributed by atoms with Crippen LogP contribution in [0.5, 0.6) is 0 Å². The number of hydrogen-bond acceptors (Lipinski definition) is 3. The molecule has 0 amide bonds. The largest absolute Gasteiger partial charge is 0.467 e. The zero-order chi connectivity index (χ0) is 17.8. The highest BCUT2D eigenvalue weighted by Gasteiger charge is 2.18. The number of nitrogens with zero attached hydrogens (tertiary/aromatic N) is 2. The third kappa shape index (κ3) is 4.61. The molecule has 132 valence electrons. The molecule has 0 spiro atoms. The van der Waals surface area contributed by atoms with Crippen LogP contribution in [0, 0.1) is 19.8 Å². The lowest BCUT2D eigenvalue weighted by molar-refractivity contribution is 0.380. The van der Waals surface area contributed by atoms with Gasteiger partial charge in [0.1, 0.15) is 5.76 Å². The highest BCUT2D eigenvalue weighted by atomic mass is 79.9. The van der Waals surface area contributed by atoms with Crippen molar-refractivity contribution < 1.29 is 4.42 Å². The van der Waals surface area contributed by atoms with Crippen molar-refractivity contribution in [2.75, 3.05) is 6.54 Å². The van der Waals surface area contributed by atoms with Gasteiger partial charge in [0, 0.05) is 23.3 Å². The highest BCUT2D eigenvalue weighted by molar-refractivity contribution is 9.10. The monoisotopic (exact) mass is 401 g/mol. The van der Waals surface area contributed by atoms with Crippen LogP contribution < -0.4 is 5.32 Å².